The van der Waals surface area contributed by atoms with Crippen molar-refractivity contribution in [3.63, 3.8) is 0 Å². The third-order valence-corrected chi connectivity index (χ3v) is 3.67. The molecule has 2 aromatic rings. The summed E-state index contributed by atoms with van der Waals surface area (Å²) in [6, 6.07) is 6.27. The summed E-state index contributed by atoms with van der Waals surface area (Å²) in [5.41, 5.74) is 3.32. The van der Waals surface area contributed by atoms with Gasteiger partial charge in [-0.15, -0.1) is 0 Å². The van der Waals surface area contributed by atoms with Crippen LogP contribution in [0.15, 0.2) is 22.7 Å². The van der Waals surface area contributed by atoms with E-state index in [9.17, 15) is 0 Å². The first-order valence-corrected chi connectivity index (χ1v) is 6.54. The lowest BCUT2D eigenvalue weighted by Crippen LogP contribution is -1.92. The van der Waals surface area contributed by atoms with Crippen molar-refractivity contribution in [2.45, 2.75) is 26.7 Å². The molecule has 0 aliphatic carbocycles. The van der Waals surface area contributed by atoms with E-state index < -0.39 is 0 Å². The highest BCUT2D eigenvalue weighted by Crippen LogP contribution is 2.29. The fraction of sp³-hybridized carbons (Fsp3) is 0.308. The molecule has 0 bridgehead atoms. The van der Waals surface area contributed by atoms with Crippen molar-refractivity contribution >= 4 is 38.4 Å². The topological polar surface area (TPSA) is 12.9 Å². The van der Waals surface area contributed by atoms with Gasteiger partial charge < -0.3 is 0 Å². The predicted molar refractivity (Wildman–Crippen MR) is 73.2 cm³/mol. The number of pyridine rings is 1. The first kappa shape index (κ1) is 11.9. The van der Waals surface area contributed by atoms with Gasteiger partial charge in [-0.05, 0) is 52.5 Å². The number of hydrogen-bond donors (Lipinski definition) is 0. The smallest absolute Gasteiger partial charge is 0.133 e. The Kier molecular flexibility index (Phi) is 3.50. The molecule has 3 heteroatoms. The molecular formula is C13H13BrClN. The Bertz CT molecular complexity index is 537. The van der Waals surface area contributed by atoms with Crippen LogP contribution in [0.1, 0.15) is 24.5 Å². The maximum absolute atomic E-state index is 6.17. The summed E-state index contributed by atoms with van der Waals surface area (Å²) in [7, 11) is 0. The van der Waals surface area contributed by atoms with E-state index in [0.29, 0.717) is 5.15 Å². The Balaban J connectivity index is 2.73. The number of benzene rings is 1. The van der Waals surface area contributed by atoms with Crippen molar-refractivity contribution in [2.75, 3.05) is 0 Å². The number of nitrogens with zero attached hydrogens (tertiary/aromatic N) is 1. The second kappa shape index (κ2) is 4.72. The van der Waals surface area contributed by atoms with Crippen LogP contribution in [-0.2, 0) is 6.42 Å². The Morgan fingerprint density at radius 2 is 2.12 bits per heavy atom. The minimum absolute atomic E-state index is 0.626. The summed E-state index contributed by atoms with van der Waals surface area (Å²) >= 11 is 9.68. The lowest BCUT2D eigenvalue weighted by molar-refractivity contribution is 0.917. The molecular weight excluding hydrogens is 286 g/mol. The van der Waals surface area contributed by atoms with E-state index >= 15 is 0 Å². The predicted octanol–water partition coefficient (Wildman–Crippen LogP) is 4.91. The van der Waals surface area contributed by atoms with Gasteiger partial charge in [0.25, 0.3) is 0 Å². The van der Waals surface area contributed by atoms with E-state index in [0.717, 1.165) is 28.4 Å². The van der Waals surface area contributed by atoms with Crippen LogP contribution in [0, 0.1) is 6.92 Å². The Hall–Kier alpha value is -0.600. The molecule has 0 aliphatic rings. The highest BCUT2D eigenvalue weighted by molar-refractivity contribution is 9.10. The van der Waals surface area contributed by atoms with Crippen LogP contribution in [0.3, 0.4) is 0 Å². The summed E-state index contributed by atoms with van der Waals surface area (Å²) < 4.78 is 0.998. The van der Waals surface area contributed by atoms with Gasteiger partial charge in [-0.2, -0.15) is 0 Å². The number of halogens is 2. The molecule has 0 saturated carbocycles. The zero-order valence-corrected chi connectivity index (χ0v) is 11.7. The largest absolute Gasteiger partial charge is 0.235 e. The molecule has 0 spiro atoms. The first-order valence-electron chi connectivity index (χ1n) is 5.37. The molecule has 0 fully saturated rings. The zero-order valence-electron chi connectivity index (χ0n) is 9.35. The average molecular weight is 299 g/mol. The van der Waals surface area contributed by atoms with Crippen LogP contribution < -0.4 is 0 Å². The van der Waals surface area contributed by atoms with Crippen LogP contribution in [0.25, 0.3) is 10.9 Å². The summed E-state index contributed by atoms with van der Waals surface area (Å²) in [4.78, 5) is 4.47. The third-order valence-electron chi connectivity index (χ3n) is 2.70. The van der Waals surface area contributed by atoms with Gasteiger partial charge in [0.05, 0.1) is 5.52 Å². The number of hydrogen-bond acceptors (Lipinski definition) is 1. The fourth-order valence-electron chi connectivity index (χ4n) is 1.83. The Morgan fingerprint density at radius 3 is 2.81 bits per heavy atom. The molecule has 1 nitrogen and oxygen atoms in total. The molecule has 0 atom stereocenters. The molecule has 1 heterocycles. The third kappa shape index (κ3) is 2.09. The van der Waals surface area contributed by atoms with E-state index in [1.807, 2.05) is 6.07 Å². The number of aryl methyl sites for hydroxylation is 2. The minimum atomic E-state index is 0.626. The van der Waals surface area contributed by atoms with Crippen LogP contribution >= 0.6 is 27.5 Å². The van der Waals surface area contributed by atoms with Gasteiger partial charge in [-0.25, -0.2) is 4.98 Å². The Morgan fingerprint density at radius 1 is 1.38 bits per heavy atom. The molecule has 0 aliphatic heterocycles. The molecule has 16 heavy (non-hydrogen) atoms. The van der Waals surface area contributed by atoms with Crippen LogP contribution in [0.4, 0.5) is 0 Å². The highest BCUT2D eigenvalue weighted by Gasteiger charge is 2.08. The number of aromatic nitrogens is 1. The van der Waals surface area contributed by atoms with Crippen LogP contribution in [0.5, 0.6) is 0 Å². The monoisotopic (exact) mass is 297 g/mol. The molecule has 0 radical (unpaired) electrons. The maximum Gasteiger partial charge on any atom is 0.133 e. The minimum Gasteiger partial charge on any atom is -0.235 e. The van der Waals surface area contributed by atoms with Gasteiger partial charge in [0, 0.05) is 9.86 Å². The van der Waals surface area contributed by atoms with Crippen LogP contribution in [0.2, 0.25) is 5.15 Å². The fourth-order valence-corrected chi connectivity index (χ4v) is 2.49. The van der Waals surface area contributed by atoms with Crippen molar-refractivity contribution in [3.05, 3.63) is 39.0 Å². The van der Waals surface area contributed by atoms with Crippen molar-refractivity contribution < 1.29 is 0 Å². The molecule has 0 amide bonds. The van der Waals surface area contributed by atoms with Gasteiger partial charge in [-0.1, -0.05) is 31.0 Å². The van der Waals surface area contributed by atoms with E-state index in [1.165, 1.54) is 10.9 Å². The molecule has 0 unspecified atom stereocenters. The lowest BCUT2D eigenvalue weighted by atomic mass is 10.1. The normalized spacial score (nSPS) is 11.0. The van der Waals surface area contributed by atoms with Crippen LogP contribution in [-0.4, -0.2) is 4.98 Å². The molecule has 0 N–H and O–H groups in total. The van der Waals surface area contributed by atoms with Crippen molar-refractivity contribution in [2.24, 2.45) is 0 Å². The van der Waals surface area contributed by atoms with E-state index in [-0.39, 0.29) is 0 Å². The van der Waals surface area contributed by atoms with E-state index in [1.54, 1.807) is 0 Å². The highest BCUT2D eigenvalue weighted by atomic mass is 79.9. The molecule has 2 rings (SSSR count). The van der Waals surface area contributed by atoms with Crippen molar-refractivity contribution in [3.8, 4) is 0 Å². The molecule has 1 aromatic carbocycles. The summed E-state index contributed by atoms with van der Waals surface area (Å²) in [6.45, 7) is 4.24. The van der Waals surface area contributed by atoms with Gasteiger partial charge in [0.2, 0.25) is 0 Å². The molecule has 84 valence electrons. The van der Waals surface area contributed by atoms with Gasteiger partial charge in [0.15, 0.2) is 0 Å². The average Bonchev–Trinajstić information content (AvgIpc) is 2.26. The standard InChI is InChI=1S/C13H13BrClN/c1-3-4-9-7-10-8(2)5-6-11(14)12(10)16-13(9)15/h5-7H,3-4H2,1-2H3. The van der Waals surface area contributed by atoms with E-state index in [2.05, 4.69) is 46.9 Å². The van der Waals surface area contributed by atoms with Gasteiger partial charge in [0.1, 0.15) is 5.15 Å². The van der Waals surface area contributed by atoms with Crippen molar-refractivity contribution in [1.82, 2.24) is 4.98 Å². The van der Waals surface area contributed by atoms with E-state index in [4.69, 9.17) is 11.6 Å². The molecule has 0 saturated heterocycles. The second-order valence-corrected chi connectivity index (χ2v) is 5.16. The number of fused-ring (bicyclic) bond motifs is 1. The zero-order chi connectivity index (χ0) is 11.7. The molecule has 1 aromatic heterocycles. The second-order valence-electron chi connectivity index (χ2n) is 3.95. The quantitative estimate of drug-likeness (QED) is 0.718. The Labute approximate surface area is 109 Å². The van der Waals surface area contributed by atoms with Gasteiger partial charge >= 0.3 is 0 Å². The lowest BCUT2D eigenvalue weighted by Gasteiger charge is -2.08. The first-order chi connectivity index (χ1) is 7.63. The SMILES string of the molecule is CCCc1cc2c(C)ccc(Br)c2nc1Cl. The van der Waals surface area contributed by atoms with Gasteiger partial charge in [-0.3, -0.25) is 0 Å². The maximum atomic E-state index is 6.17. The summed E-state index contributed by atoms with van der Waals surface area (Å²) in [5.74, 6) is 0. The van der Waals surface area contributed by atoms with Crippen molar-refractivity contribution in [1.29, 1.82) is 0 Å². The summed E-state index contributed by atoms with van der Waals surface area (Å²) in [5, 5.41) is 1.81. The summed E-state index contributed by atoms with van der Waals surface area (Å²) in [6.07, 6.45) is 2.06. The number of rotatable bonds is 2.